The SMILES string of the molecule is COC(=O)C(F)(F)CCCCCCOC(=O)c1ccccc1. The molecule has 0 aliphatic rings. The van der Waals surface area contributed by atoms with Gasteiger partial charge in [-0.3, -0.25) is 0 Å². The van der Waals surface area contributed by atoms with E-state index in [9.17, 15) is 18.4 Å². The van der Waals surface area contributed by atoms with Crippen LogP contribution < -0.4 is 0 Å². The molecule has 0 spiro atoms. The Balaban J connectivity index is 2.09. The number of carbonyl (C=O) groups excluding carboxylic acids is 2. The Kier molecular flexibility index (Phi) is 7.49. The van der Waals surface area contributed by atoms with Crippen LogP contribution in [0.25, 0.3) is 0 Å². The van der Waals surface area contributed by atoms with Crippen molar-refractivity contribution in [2.45, 2.75) is 38.0 Å². The highest BCUT2D eigenvalue weighted by Gasteiger charge is 2.39. The first-order valence-corrected chi connectivity index (χ1v) is 7.16. The molecule has 6 heteroatoms. The standard InChI is InChI=1S/C16H20F2O4/c1-21-15(20)16(17,18)11-7-2-3-8-12-22-14(19)13-9-5-4-6-10-13/h4-6,9-10H,2-3,7-8,11-12H2,1H3. The molecule has 1 aromatic carbocycles. The van der Waals surface area contributed by atoms with Gasteiger partial charge in [0.15, 0.2) is 0 Å². The van der Waals surface area contributed by atoms with Crippen molar-refractivity contribution < 1.29 is 27.8 Å². The number of rotatable bonds is 9. The molecule has 0 bridgehead atoms. The summed E-state index contributed by atoms with van der Waals surface area (Å²) in [5, 5.41) is 0. The second-order valence-electron chi connectivity index (χ2n) is 4.86. The van der Waals surface area contributed by atoms with Gasteiger partial charge in [-0.1, -0.05) is 31.0 Å². The van der Waals surface area contributed by atoms with Crippen molar-refractivity contribution >= 4 is 11.9 Å². The quantitative estimate of drug-likeness (QED) is 0.516. The molecule has 0 N–H and O–H groups in total. The van der Waals surface area contributed by atoms with Crippen LogP contribution in [0.1, 0.15) is 42.5 Å². The van der Waals surface area contributed by atoms with Crippen LogP contribution in [0.15, 0.2) is 30.3 Å². The van der Waals surface area contributed by atoms with Gasteiger partial charge in [0.25, 0.3) is 0 Å². The molecule has 4 nitrogen and oxygen atoms in total. The number of halogens is 2. The highest BCUT2D eigenvalue weighted by molar-refractivity contribution is 5.89. The molecule has 0 saturated carbocycles. The molecular formula is C16H20F2O4. The van der Waals surface area contributed by atoms with E-state index in [1.54, 1.807) is 30.3 Å². The van der Waals surface area contributed by atoms with Gasteiger partial charge in [0.1, 0.15) is 0 Å². The van der Waals surface area contributed by atoms with E-state index >= 15 is 0 Å². The fourth-order valence-electron chi connectivity index (χ4n) is 1.88. The number of esters is 2. The lowest BCUT2D eigenvalue weighted by Crippen LogP contribution is -2.29. The maximum absolute atomic E-state index is 13.1. The number of carbonyl (C=O) groups is 2. The minimum atomic E-state index is -3.42. The second-order valence-corrected chi connectivity index (χ2v) is 4.86. The lowest BCUT2D eigenvalue weighted by atomic mass is 10.1. The summed E-state index contributed by atoms with van der Waals surface area (Å²) in [6.45, 7) is 0.251. The Bertz CT molecular complexity index is 474. The minimum Gasteiger partial charge on any atom is -0.465 e. The highest BCUT2D eigenvalue weighted by Crippen LogP contribution is 2.23. The number of methoxy groups -OCH3 is 1. The van der Waals surface area contributed by atoms with Crippen LogP contribution >= 0.6 is 0 Å². The Morgan fingerprint density at radius 3 is 2.32 bits per heavy atom. The maximum atomic E-state index is 13.1. The summed E-state index contributed by atoms with van der Waals surface area (Å²) in [5.41, 5.74) is 0.486. The van der Waals surface area contributed by atoms with E-state index in [4.69, 9.17) is 4.74 Å². The normalized spacial score (nSPS) is 11.0. The maximum Gasteiger partial charge on any atom is 0.376 e. The minimum absolute atomic E-state index is 0.217. The number of ether oxygens (including phenoxy) is 2. The Labute approximate surface area is 128 Å². The van der Waals surface area contributed by atoms with Gasteiger partial charge in [-0.25, -0.2) is 9.59 Å². The molecule has 0 aliphatic carbocycles. The monoisotopic (exact) mass is 314 g/mol. The third-order valence-corrected chi connectivity index (χ3v) is 3.11. The van der Waals surface area contributed by atoms with Crippen LogP contribution in [0.4, 0.5) is 8.78 Å². The lowest BCUT2D eigenvalue weighted by molar-refractivity contribution is -0.169. The zero-order valence-electron chi connectivity index (χ0n) is 12.5. The largest absolute Gasteiger partial charge is 0.465 e. The van der Waals surface area contributed by atoms with Crippen molar-refractivity contribution in [1.82, 2.24) is 0 Å². The van der Waals surface area contributed by atoms with Crippen molar-refractivity contribution in [2.24, 2.45) is 0 Å². The third kappa shape index (κ3) is 6.20. The number of hydrogen-bond acceptors (Lipinski definition) is 4. The van der Waals surface area contributed by atoms with Crippen LogP contribution in [-0.4, -0.2) is 31.6 Å². The first kappa shape index (κ1) is 18.1. The Morgan fingerprint density at radius 1 is 1.05 bits per heavy atom. The van der Waals surface area contributed by atoms with Crippen molar-refractivity contribution in [3.63, 3.8) is 0 Å². The topological polar surface area (TPSA) is 52.6 Å². The van der Waals surface area contributed by atoms with Gasteiger partial charge in [-0.05, 0) is 25.0 Å². The van der Waals surface area contributed by atoms with E-state index in [1.807, 2.05) is 0 Å². The average molecular weight is 314 g/mol. The predicted octanol–water partition coefficient (Wildman–Crippen LogP) is 3.60. The van der Waals surface area contributed by atoms with Crippen LogP contribution in [0.3, 0.4) is 0 Å². The summed E-state index contributed by atoms with van der Waals surface area (Å²) in [7, 11) is 0.942. The molecule has 0 heterocycles. The molecule has 122 valence electrons. The smallest absolute Gasteiger partial charge is 0.376 e. The molecule has 0 fully saturated rings. The zero-order valence-corrected chi connectivity index (χ0v) is 12.5. The van der Waals surface area contributed by atoms with Gasteiger partial charge in [0, 0.05) is 6.42 Å². The Morgan fingerprint density at radius 2 is 1.68 bits per heavy atom. The Hall–Kier alpha value is -1.98. The van der Waals surface area contributed by atoms with Crippen molar-refractivity contribution in [1.29, 1.82) is 0 Å². The molecule has 0 atom stereocenters. The third-order valence-electron chi connectivity index (χ3n) is 3.11. The summed E-state index contributed by atoms with van der Waals surface area (Å²) in [6.07, 6.45) is 1.48. The summed E-state index contributed by atoms with van der Waals surface area (Å²) < 4.78 is 35.4. The van der Waals surface area contributed by atoms with Gasteiger partial charge >= 0.3 is 17.9 Å². The molecule has 0 saturated heterocycles. The van der Waals surface area contributed by atoms with E-state index in [0.29, 0.717) is 24.8 Å². The van der Waals surface area contributed by atoms with Crippen molar-refractivity contribution in [2.75, 3.05) is 13.7 Å². The zero-order chi connectivity index (χ0) is 16.4. The van der Waals surface area contributed by atoms with Gasteiger partial charge in [0.05, 0.1) is 19.3 Å². The van der Waals surface area contributed by atoms with Crippen molar-refractivity contribution in [3.8, 4) is 0 Å². The van der Waals surface area contributed by atoms with Crippen molar-refractivity contribution in [3.05, 3.63) is 35.9 Å². The molecule has 22 heavy (non-hydrogen) atoms. The van der Waals surface area contributed by atoms with E-state index in [2.05, 4.69) is 4.74 Å². The molecule has 1 rings (SSSR count). The second kappa shape index (κ2) is 9.12. The molecule has 0 unspecified atom stereocenters. The molecule has 0 aliphatic heterocycles. The highest BCUT2D eigenvalue weighted by atomic mass is 19.3. The average Bonchev–Trinajstić information content (AvgIpc) is 2.53. The van der Waals surface area contributed by atoms with Gasteiger partial charge in [-0.2, -0.15) is 8.78 Å². The summed E-state index contributed by atoms with van der Waals surface area (Å²) in [4.78, 5) is 22.4. The fraction of sp³-hybridized carbons (Fsp3) is 0.500. The molecular weight excluding hydrogens is 294 g/mol. The van der Waals surface area contributed by atoms with Gasteiger partial charge in [0.2, 0.25) is 0 Å². The fourth-order valence-corrected chi connectivity index (χ4v) is 1.88. The van der Waals surface area contributed by atoms with Crippen LogP contribution in [-0.2, 0) is 14.3 Å². The molecule has 0 amide bonds. The number of alkyl halides is 2. The van der Waals surface area contributed by atoms with Gasteiger partial charge < -0.3 is 9.47 Å². The summed E-state index contributed by atoms with van der Waals surface area (Å²) in [5.74, 6) is -5.31. The van der Waals surface area contributed by atoms with E-state index < -0.39 is 24.3 Å². The summed E-state index contributed by atoms with van der Waals surface area (Å²) in [6, 6.07) is 8.63. The van der Waals surface area contributed by atoms with Crippen LogP contribution in [0.5, 0.6) is 0 Å². The first-order chi connectivity index (χ1) is 10.5. The van der Waals surface area contributed by atoms with E-state index in [1.165, 1.54) is 0 Å². The number of hydrogen-bond donors (Lipinski definition) is 0. The molecule has 0 radical (unpaired) electrons. The predicted molar refractivity (Wildman–Crippen MR) is 76.8 cm³/mol. The van der Waals surface area contributed by atoms with Crippen LogP contribution in [0.2, 0.25) is 0 Å². The molecule has 1 aromatic rings. The lowest BCUT2D eigenvalue weighted by Gasteiger charge is -2.12. The molecule has 0 aromatic heterocycles. The van der Waals surface area contributed by atoms with Crippen LogP contribution in [0, 0.1) is 0 Å². The summed E-state index contributed by atoms with van der Waals surface area (Å²) >= 11 is 0. The first-order valence-electron chi connectivity index (χ1n) is 7.16. The van der Waals surface area contributed by atoms with Gasteiger partial charge in [-0.15, -0.1) is 0 Å². The number of unbranched alkanes of at least 4 members (excludes halogenated alkanes) is 3. The van der Waals surface area contributed by atoms with E-state index in [-0.39, 0.29) is 13.0 Å². The number of benzene rings is 1. The van der Waals surface area contributed by atoms with E-state index in [0.717, 1.165) is 7.11 Å².